The quantitative estimate of drug-likeness (QED) is 0.620. The normalized spacial score (nSPS) is 14.9. The molecule has 0 radical (unpaired) electrons. The van der Waals surface area contributed by atoms with Crippen LogP contribution in [0.2, 0.25) is 0 Å². The molecular weight excluding hydrogens is 344 g/mol. The van der Waals surface area contributed by atoms with Gasteiger partial charge in [0.1, 0.15) is 11.5 Å². The molecule has 1 aliphatic rings. The number of nitrogens with zero attached hydrogens (tertiary/aromatic N) is 2. The molecule has 1 aromatic heterocycles. The summed E-state index contributed by atoms with van der Waals surface area (Å²) in [6.07, 6.45) is 9.73. The van der Waals surface area contributed by atoms with Crippen LogP contribution in [0.5, 0.6) is 0 Å². The first-order chi connectivity index (χ1) is 13.2. The molecule has 0 unspecified atom stereocenters. The maximum Gasteiger partial charge on any atom is 0.339 e. The Hall–Kier alpha value is -2.96. The Morgan fingerprint density at radius 1 is 1.04 bits per heavy atom. The van der Waals surface area contributed by atoms with Gasteiger partial charge in [0, 0.05) is 6.04 Å². The summed E-state index contributed by atoms with van der Waals surface area (Å²) < 4.78 is 4.78. The van der Waals surface area contributed by atoms with Crippen molar-refractivity contribution in [3.63, 3.8) is 0 Å². The molecule has 1 amide bonds. The SMILES string of the molecule is COC(=O)c1ccccc1Nc1cnc(C(=O)NC2CCCCCC2)cn1. The minimum atomic E-state index is -0.439. The van der Waals surface area contributed by atoms with E-state index in [0.717, 1.165) is 25.7 Å². The fraction of sp³-hybridized carbons (Fsp3) is 0.400. The molecule has 1 saturated carbocycles. The third kappa shape index (κ3) is 5.03. The average molecular weight is 368 g/mol. The molecule has 1 aromatic carbocycles. The van der Waals surface area contributed by atoms with E-state index in [1.165, 1.54) is 32.3 Å². The van der Waals surface area contributed by atoms with Crippen molar-refractivity contribution in [2.75, 3.05) is 12.4 Å². The molecule has 0 atom stereocenters. The highest BCUT2D eigenvalue weighted by molar-refractivity contribution is 5.96. The van der Waals surface area contributed by atoms with Crippen LogP contribution in [0.1, 0.15) is 59.4 Å². The van der Waals surface area contributed by atoms with Crippen LogP contribution < -0.4 is 10.6 Å². The van der Waals surface area contributed by atoms with E-state index in [4.69, 9.17) is 4.74 Å². The molecule has 27 heavy (non-hydrogen) atoms. The molecule has 0 saturated heterocycles. The van der Waals surface area contributed by atoms with Crippen LogP contribution in [0, 0.1) is 0 Å². The van der Waals surface area contributed by atoms with Gasteiger partial charge < -0.3 is 15.4 Å². The van der Waals surface area contributed by atoms with Crippen LogP contribution in [0.25, 0.3) is 0 Å². The van der Waals surface area contributed by atoms with Crippen molar-refractivity contribution < 1.29 is 14.3 Å². The summed E-state index contributed by atoms with van der Waals surface area (Å²) in [6.45, 7) is 0. The number of para-hydroxylation sites is 1. The van der Waals surface area contributed by atoms with Crippen molar-refractivity contribution in [1.29, 1.82) is 0 Å². The summed E-state index contributed by atoms with van der Waals surface area (Å²) in [5.74, 6) is -0.196. The molecule has 142 valence electrons. The Morgan fingerprint density at radius 3 is 2.44 bits per heavy atom. The van der Waals surface area contributed by atoms with Crippen molar-refractivity contribution in [3.05, 3.63) is 47.9 Å². The van der Waals surface area contributed by atoms with Crippen LogP contribution in [0.3, 0.4) is 0 Å². The number of aromatic nitrogens is 2. The van der Waals surface area contributed by atoms with Gasteiger partial charge >= 0.3 is 5.97 Å². The van der Waals surface area contributed by atoms with E-state index < -0.39 is 5.97 Å². The zero-order valence-electron chi connectivity index (χ0n) is 15.4. The summed E-state index contributed by atoms with van der Waals surface area (Å²) in [4.78, 5) is 32.7. The number of amides is 1. The number of carbonyl (C=O) groups is 2. The van der Waals surface area contributed by atoms with E-state index in [1.807, 2.05) is 0 Å². The molecule has 2 N–H and O–H groups in total. The number of rotatable bonds is 5. The van der Waals surface area contributed by atoms with Crippen LogP contribution >= 0.6 is 0 Å². The van der Waals surface area contributed by atoms with Gasteiger partial charge in [-0.3, -0.25) is 4.79 Å². The van der Waals surface area contributed by atoms with Crippen LogP contribution in [-0.4, -0.2) is 35.0 Å². The number of hydrogen-bond acceptors (Lipinski definition) is 6. The van der Waals surface area contributed by atoms with Gasteiger partial charge in [-0.15, -0.1) is 0 Å². The van der Waals surface area contributed by atoms with Crippen LogP contribution in [0.15, 0.2) is 36.7 Å². The number of hydrogen-bond donors (Lipinski definition) is 2. The standard InChI is InChI=1S/C20H24N4O3/c1-27-20(26)15-10-6-7-11-16(15)24-18-13-21-17(12-22-18)19(25)23-14-8-4-2-3-5-9-14/h6-7,10-14H,2-5,8-9H2,1H3,(H,22,24)(H,23,25). The van der Waals surface area contributed by atoms with E-state index >= 15 is 0 Å². The smallest absolute Gasteiger partial charge is 0.339 e. The van der Waals surface area contributed by atoms with Crippen molar-refractivity contribution in [2.45, 2.75) is 44.6 Å². The second-order valence-corrected chi connectivity index (χ2v) is 6.61. The lowest BCUT2D eigenvalue weighted by molar-refractivity contribution is 0.0601. The van der Waals surface area contributed by atoms with E-state index in [2.05, 4.69) is 20.6 Å². The van der Waals surface area contributed by atoms with E-state index in [9.17, 15) is 9.59 Å². The molecule has 3 rings (SSSR count). The van der Waals surface area contributed by atoms with Crippen molar-refractivity contribution in [1.82, 2.24) is 15.3 Å². The van der Waals surface area contributed by atoms with Gasteiger partial charge in [0.2, 0.25) is 0 Å². The average Bonchev–Trinajstić information content (AvgIpc) is 2.97. The van der Waals surface area contributed by atoms with Gasteiger partial charge in [-0.05, 0) is 25.0 Å². The maximum absolute atomic E-state index is 12.4. The third-order valence-electron chi connectivity index (χ3n) is 4.67. The van der Waals surface area contributed by atoms with Gasteiger partial charge in [-0.2, -0.15) is 0 Å². The Labute approximate surface area is 158 Å². The number of ether oxygens (including phenoxy) is 1. The maximum atomic E-state index is 12.4. The third-order valence-corrected chi connectivity index (χ3v) is 4.67. The molecule has 0 spiro atoms. The number of nitrogens with one attached hydrogen (secondary N) is 2. The van der Waals surface area contributed by atoms with Crippen molar-refractivity contribution in [3.8, 4) is 0 Å². The van der Waals surface area contributed by atoms with Crippen LogP contribution in [-0.2, 0) is 4.74 Å². The first-order valence-corrected chi connectivity index (χ1v) is 9.24. The van der Waals surface area contributed by atoms with Gasteiger partial charge in [0.05, 0.1) is 30.8 Å². The predicted octanol–water partition coefficient (Wildman–Crippen LogP) is 3.46. The van der Waals surface area contributed by atoms with Gasteiger partial charge in [-0.25, -0.2) is 14.8 Å². The largest absolute Gasteiger partial charge is 0.465 e. The summed E-state index contributed by atoms with van der Waals surface area (Å²) in [5.41, 5.74) is 1.25. The van der Waals surface area contributed by atoms with Gasteiger partial charge in [0.15, 0.2) is 0 Å². The Bertz CT molecular complexity index is 784. The van der Waals surface area contributed by atoms with Gasteiger partial charge in [-0.1, -0.05) is 37.8 Å². The fourth-order valence-electron chi connectivity index (χ4n) is 3.21. The van der Waals surface area contributed by atoms with Crippen molar-refractivity contribution in [2.24, 2.45) is 0 Å². The predicted molar refractivity (Wildman–Crippen MR) is 102 cm³/mol. The second-order valence-electron chi connectivity index (χ2n) is 6.61. The minimum Gasteiger partial charge on any atom is -0.465 e. The number of esters is 1. The lowest BCUT2D eigenvalue weighted by Gasteiger charge is -2.15. The highest BCUT2D eigenvalue weighted by Gasteiger charge is 2.17. The highest BCUT2D eigenvalue weighted by atomic mass is 16.5. The monoisotopic (exact) mass is 368 g/mol. The van der Waals surface area contributed by atoms with Crippen LogP contribution in [0.4, 0.5) is 11.5 Å². The van der Waals surface area contributed by atoms with E-state index in [1.54, 1.807) is 24.3 Å². The number of carbonyl (C=O) groups excluding carboxylic acids is 2. The molecule has 2 aromatic rings. The molecule has 7 heteroatoms. The second kappa shape index (κ2) is 9.12. The number of methoxy groups -OCH3 is 1. The first-order valence-electron chi connectivity index (χ1n) is 9.24. The molecule has 1 heterocycles. The first kappa shape index (κ1) is 18.8. The fourth-order valence-corrected chi connectivity index (χ4v) is 3.21. The zero-order valence-corrected chi connectivity index (χ0v) is 15.4. The highest BCUT2D eigenvalue weighted by Crippen LogP contribution is 2.20. The summed E-state index contributed by atoms with van der Waals surface area (Å²) >= 11 is 0. The zero-order chi connectivity index (χ0) is 19.1. The Balaban J connectivity index is 1.65. The molecular formula is C20H24N4O3. The van der Waals surface area contributed by atoms with Crippen molar-refractivity contribution >= 4 is 23.4 Å². The van der Waals surface area contributed by atoms with Gasteiger partial charge in [0.25, 0.3) is 5.91 Å². The molecule has 1 aliphatic carbocycles. The molecule has 0 bridgehead atoms. The Morgan fingerprint density at radius 2 is 1.78 bits per heavy atom. The summed E-state index contributed by atoms with van der Waals surface area (Å²) in [7, 11) is 1.33. The lowest BCUT2D eigenvalue weighted by Crippen LogP contribution is -2.34. The molecule has 0 aliphatic heterocycles. The minimum absolute atomic E-state index is 0.198. The number of benzene rings is 1. The lowest BCUT2D eigenvalue weighted by atomic mass is 10.1. The Kier molecular flexibility index (Phi) is 6.35. The topological polar surface area (TPSA) is 93.2 Å². The molecule has 7 nitrogen and oxygen atoms in total. The molecule has 1 fully saturated rings. The van der Waals surface area contributed by atoms with E-state index in [-0.39, 0.29) is 17.6 Å². The summed E-state index contributed by atoms with van der Waals surface area (Å²) in [5, 5.41) is 6.09. The number of anilines is 2. The summed E-state index contributed by atoms with van der Waals surface area (Å²) in [6, 6.07) is 7.18. The van der Waals surface area contributed by atoms with E-state index in [0.29, 0.717) is 17.1 Å².